The zero-order valence-electron chi connectivity index (χ0n) is 8.46. The molecule has 1 aromatic rings. The van der Waals surface area contributed by atoms with Gasteiger partial charge in [-0.25, -0.2) is 4.39 Å². The number of unbranched alkanes of at least 4 members (excludes halogenated alkanes) is 1. The first-order valence-electron chi connectivity index (χ1n) is 4.96. The van der Waals surface area contributed by atoms with Gasteiger partial charge in [-0.15, -0.1) is 0 Å². The minimum atomic E-state index is -0.298. The molecule has 3 heteroatoms. The third-order valence-corrected chi connectivity index (χ3v) is 2.33. The van der Waals surface area contributed by atoms with E-state index < -0.39 is 0 Å². The Hall–Kier alpha value is -1.09. The van der Waals surface area contributed by atoms with E-state index in [1.54, 1.807) is 12.1 Å². The van der Waals surface area contributed by atoms with Crippen LogP contribution in [0.4, 0.5) is 10.1 Å². The lowest BCUT2D eigenvalue weighted by molar-refractivity contribution is 0.549. The molecule has 1 rings (SSSR count). The predicted molar refractivity (Wildman–Crippen MR) is 57.3 cm³/mol. The molecule has 1 atom stereocenters. The third kappa shape index (κ3) is 2.45. The number of nitrogen functional groups attached to an aromatic ring is 1. The number of hydrogen-bond acceptors (Lipinski definition) is 2. The van der Waals surface area contributed by atoms with Crippen LogP contribution in [-0.4, -0.2) is 0 Å². The van der Waals surface area contributed by atoms with Crippen LogP contribution < -0.4 is 11.5 Å². The van der Waals surface area contributed by atoms with Crippen LogP contribution in [0.1, 0.15) is 37.8 Å². The largest absolute Gasteiger partial charge is 0.398 e. The lowest BCUT2D eigenvalue weighted by atomic mass is 10.00. The molecule has 0 aliphatic carbocycles. The number of benzene rings is 1. The SMILES string of the molecule is CCCCC(N)c1c(N)cccc1F. The molecule has 0 saturated carbocycles. The summed E-state index contributed by atoms with van der Waals surface area (Å²) in [5.41, 5.74) is 12.4. The van der Waals surface area contributed by atoms with E-state index in [4.69, 9.17) is 11.5 Å². The van der Waals surface area contributed by atoms with Gasteiger partial charge in [0.2, 0.25) is 0 Å². The van der Waals surface area contributed by atoms with Crippen LogP contribution in [0.3, 0.4) is 0 Å². The molecule has 78 valence electrons. The van der Waals surface area contributed by atoms with Crippen molar-refractivity contribution in [3.05, 3.63) is 29.6 Å². The molecule has 0 aromatic heterocycles. The molecule has 1 unspecified atom stereocenters. The maximum absolute atomic E-state index is 13.4. The van der Waals surface area contributed by atoms with Gasteiger partial charge in [-0.2, -0.15) is 0 Å². The highest BCUT2D eigenvalue weighted by Crippen LogP contribution is 2.25. The highest BCUT2D eigenvalue weighted by molar-refractivity contribution is 5.48. The van der Waals surface area contributed by atoms with Crippen LogP contribution in [0.25, 0.3) is 0 Å². The van der Waals surface area contributed by atoms with E-state index >= 15 is 0 Å². The smallest absolute Gasteiger partial charge is 0.130 e. The standard InChI is InChI=1S/C11H17FN2/c1-2-3-6-9(13)11-8(12)5-4-7-10(11)14/h4-5,7,9H,2-3,6,13-14H2,1H3. The normalized spacial score (nSPS) is 12.8. The Morgan fingerprint density at radius 2 is 2.14 bits per heavy atom. The molecular formula is C11H17FN2. The van der Waals surface area contributed by atoms with Crippen LogP contribution >= 0.6 is 0 Å². The van der Waals surface area contributed by atoms with Crippen LogP contribution in [0.2, 0.25) is 0 Å². The first kappa shape index (κ1) is 11.0. The first-order valence-corrected chi connectivity index (χ1v) is 4.96. The fourth-order valence-corrected chi connectivity index (χ4v) is 1.51. The summed E-state index contributed by atoms with van der Waals surface area (Å²) in [6.07, 6.45) is 2.83. The van der Waals surface area contributed by atoms with E-state index in [-0.39, 0.29) is 11.9 Å². The zero-order chi connectivity index (χ0) is 10.6. The lowest BCUT2D eigenvalue weighted by Gasteiger charge is -2.14. The maximum Gasteiger partial charge on any atom is 0.130 e. The van der Waals surface area contributed by atoms with Gasteiger partial charge in [0.15, 0.2) is 0 Å². The summed E-state index contributed by atoms with van der Waals surface area (Å²) < 4.78 is 13.4. The zero-order valence-corrected chi connectivity index (χ0v) is 8.46. The second-order valence-corrected chi connectivity index (χ2v) is 3.49. The second kappa shape index (κ2) is 4.96. The summed E-state index contributed by atoms with van der Waals surface area (Å²) in [6, 6.07) is 4.40. The Bertz CT molecular complexity index is 279. The quantitative estimate of drug-likeness (QED) is 0.727. The molecule has 4 N–H and O–H groups in total. The fraction of sp³-hybridized carbons (Fsp3) is 0.455. The third-order valence-electron chi connectivity index (χ3n) is 2.33. The van der Waals surface area contributed by atoms with Crippen molar-refractivity contribution < 1.29 is 4.39 Å². The van der Waals surface area contributed by atoms with Gasteiger partial charge < -0.3 is 11.5 Å². The highest BCUT2D eigenvalue weighted by Gasteiger charge is 2.13. The maximum atomic E-state index is 13.4. The van der Waals surface area contributed by atoms with Gasteiger partial charge in [-0.3, -0.25) is 0 Å². The van der Waals surface area contributed by atoms with Crippen molar-refractivity contribution in [2.24, 2.45) is 5.73 Å². The summed E-state index contributed by atoms with van der Waals surface area (Å²) in [7, 11) is 0. The Labute approximate surface area is 84.1 Å². The van der Waals surface area contributed by atoms with Gasteiger partial charge in [0, 0.05) is 17.3 Å². The van der Waals surface area contributed by atoms with Gasteiger partial charge in [-0.05, 0) is 18.6 Å². The van der Waals surface area contributed by atoms with Gasteiger partial charge in [0.25, 0.3) is 0 Å². The number of halogens is 1. The summed E-state index contributed by atoms with van der Waals surface area (Å²) in [5, 5.41) is 0. The Morgan fingerprint density at radius 1 is 1.43 bits per heavy atom. The molecular weight excluding hydrogens is 179 g/mol. The predicted octanol–water partition coefficient (Wildman–Crippen LogP) is 2.60. The van der Waals surface area contributed by atoms with Gasteiger partial charge in [-0.1, -0.05) is 25.8 Å². The van der Waals surface area contributed by atoms with Crippen molar-refractivity contribution in [1.82, 2.24) is 0 Å². The van der Waals surface area contributed by atoms with Crippen molar-refractivity contribution in [2.75, 3.05) is 5.73 Å². The average molecular weight is 196 g/mol. The lowest BCUT2D eigenvalue weighted by Crippen LogP contribution is -2.14. The molecule has 1 aromatic carbocycles. The minimum Gasteiger partial charge on any atom is -0.398 e. The van der Waals surface area contributed by atoms with E-state index in [2.05, 4.69) is 6.92 Å². The Kier molecular flexibility index (Phi) is 3.89. The van der Waals surface area contributed by atoms with Gasteiger partial charge in [0.1, 0.15) is 5.82 Å². The van der Waals surface area contributed by atoms with Crippen molar-refractivity contribution in [3.8, 4) is 0 Å². The molecule has 0 fully saturated rings. The van der Waals surface area contributed by atoms with Crippen molar-refractivity contribution in [2.45, 2.75) is 32.2 Å². The summed E-state index contributed by atoms with van der Waals surface area (Å²) >= 11 is 0. The molecule has 0 saturated heterocycles. The molecule has 0 aliphatic rings. The number of anilines is 1. The molecule has 14 heavy (non-hydrogen) atoms. The number of rotatable bonds is 4. The molecule has 0 heterocycles. The summed E-state index contributed by atoms with van der Waals surface area (Å²) in [5.74, 6) is -0.298. The van der Waals surface area contributed by atoms with Crippen LogP contribution in [0, 0.1) is 5.82 Å². The van der Waals surface area contributed by atoms with Crippen LogP contribution in [0.5, 0.6) is 0 Å². The first-order chi connectivity index (χ1) is 6.66. The van der Waals surface area contributed by atoms with Gasteiger partial charge >= 0.3 is 0 Å². The van der Waals surface area contributed by atoms with E-state index in [0.717, 1.165) is 19.3 Å². The molecule has 2 nitrogen and oxygen atoms in total. The van der Waals surface area contributed by atoms with Crippen molar-refractivity contribution in [1.29, 1.82) is 0 Å². The monoisotopic (exact) mass is 196 g/mol. The van der Waals surface area contributed by atoms with E-state index in [9.17, 15) is 4.39 Å². The molecule has 0 amide bonds. The minimum absolute atomic E-state index is 0.281. The molecule has 0 bridgehead atoms. The van der Waals surface area contributed by atoms with E-state index in [1.807, 2.05) is 0 Å². The van der Waals surface area contributed by atoms with E-state index in [1.165, 1.54) is 6.07 Å². The van der Waals surface area contributed by atoms with Crippen LogP contribution in [0.15, 0.2) is 18.2 Å². The highest BCUT2D eigenvalue weighted by atomic mass is 19.1. The summed E-state index contributed by atoms with van der Waals surface area (Å²) in [4.78, 5) is 0. The number of hydrogen-bond donors (Lipinski definition) is 2. The van der Waals surface area contributed by atoms with Gasteiger partial charge in [0.05, 0.1) is 0 Å². The Morgan fingerprint density at radius 3 is 2.71 bits per heavy atom. The summed E-state index contributed by atoms with van der Waals surface area (Å²) in [6.45, 7) is 2.08. The number of nitrogens with two attached hydrogens (primary N) is 2. The Balaban J connectivity index is 2.82. The fourth-order valence-electron chi connectivity index (χ4n) is 1.51. The van der Waals surface area contributed by atoms with Crippen molar-refractivity contribution >= 4 is 5.69 Å². The topological polar surface area (TPSA) is 52.0 Å². The molecule has 0 aliphatic heterocycles. The van der Waals surface area contributed by atoms with E-state index in [0.29, 0.717) is 11.3 Å². The van der Waals surface area contributed by atoms with Crippen LogP contribution in [-0.2, 0) is 0 Å². The molecule has 0 spiro atoms. The molecule has 0 radical (unpaired) electrons. The van der Waals surface area contributed by atoms with Crippen molar-refractivity contribution in [3.63, 3.8) is 0 Å². The second-order valence-electron chi connectivity index (χ2n) is 3.49. The average Bonchev–Trinajstić information content (AvgIpc) is 2.14.